The summed E-state index contributed by atoms with van der Waals surface area (Å²) < 4.78 is 5.97. The first-order valence-electron chi connectivity index (χ1n) is 10.1. The molecule has 0 saturated heterocycles. The summed E-state index contributed by atoms with van der Waals surface area (Å²) in [6.07, 6.45) is 1.78. The lowest BCUT2D eigenvalue weighted by atomic mass is 10.1. The van der Waals surface area contributed by atoms with Crippen LogP contribution in [0, 0.1) is 0 Å². The summed E-state index contributed by atoms with van der Waals surface area (Å²) in [7, 11) is 3.53. The number of ether oxygens (including phenoxy) is 1. The van der Waals surface area contributed by atoms with Crippen LogP contribution in [0.1, 0.15) is 28.4 Å². The van der Waals surface area contributed by atoms with Gasteiger partial charge in [0.2, 0.25) is 0 Å². The van der Waals surface area contributed by atoms with Crippen molar-refractivity contribution < 1.29 is 9.53 Å². The van der Waals surface area contributed by atoms with Crippen molar-refractivity contribution in [2.45, 2.75) is 25.9 Å². The van der Waals surface area contributed by atoms with E-state index < -0.39 is 0 Å². The zero-order valence-corrected chi connectivity index (χ0v) is 17.4. The molecule has 2 N–H and O–H groups in total. The van der Waals surface area contributed by atoms with Crippen LogP contribution in [0.15, 0.2) is 53.5 Å². The van der Waals surface area contributed by atoms with Gasteiger partial charge in [0.15, 0.2) is 5.96 Å². The third-order valence-corrected chi connectivity index (χ3v) is 4.80. The zero-order chi connectivity index (χ0) is 20.6. The summed E-state index contributed by atoms with van der Waals surface area (Å²) in [6.45, 7) is 4.19. The van der Waals surface area contributed by atoms with Crippen molar-refractivity contribution in [3.05, 3.63) is 65.2 Å². The fraction of sp³-hybridized carbons (Fsp3) is 0.391. The molecule has 154 valence electrons. The Labute approximate surface area is 173 Å². The average Bonchev–Trinajstić information content (AvgIpc) is 3.14. The first-order chi connectivity index (χ1) is 14.1. The molecule has 0 spiro atoms. The van der Waals surface area contributed by atoms with Gasteiger partial charge in [-0.25, -0.2) is 4.99 Å². The molecule has 0 saturated carbocycles. The Morgan fingerprint density at radius 1 is 1.17 bits per heavy atom. The summed E-state index contributed by atoms with van der Waals surface area (Å²) in [5.74, 6) is 1.78. The SMILES string of the molecule is CCNC(=NCC1Cc2ccccc2O1)NCCc1cccc(C(=O)N(C)C)c1. The largest absolute Gasteiger partial charge is 0.488 e. The summed E-state index contributed by atoms with van der Waals surface area (Å²) >= 11 is 0. The van der Waals surface area contributed by atoms with E-state index in [4.69, 9.17) is 4.74 Å². The molecule has 1 aliphatic rings. The van der Waals surface area contributed by atoms with Crippen LogP contribution >= 0.6 is 0 Å². The molecule has 3 rings (SSSR count). The number of hydrogen-bond donors (Lipinski definition) is 2. The van der Waals surface area contributed by atoms with Gasteiger partial charge in [0.1, 0.15) is 11.9 Å². The molecule has 0 radical (unpaired) electrons. The Hall–Kier alpha value is -3.02. The molecule has 1 atom stereocenters. The molecule has 1 heterocycles. The Morgan fingerprint density at radius 2 is 2.00 bits per heavy atom. The second kappa shape index (κ2) is 9.96. The fourth-order valence-electron chi connectivity index (χ4n) is 3.33. The van der Waals surface area contributed by atoms with Crippen LogP contribution in [0.2, 0.25) is 0 Å². The lowest BCUT2D eigenvalue weighted by Crippen LogP contribution is -2.39. The van der Waals surface area contributed by atoms with Crippen molar-refractivity contribution in [1.29, 1.82) is 0 Å². The average molecular weight is 395 g/mol. The number of carbonyl (C=O) groups is 1. The summed E-state index contributed by atoms with van der Waals surface area (Å²) in [6, 6.07) is 15.9. The van der Waals surface area contributed by atoms with Gasteiger partial charge >= 0.3 is 0 Å². The topological polar surface area (TPSA) is 66.0 Å². The smallest absolute Gasteiger partial charge is 0.253 e. The number of amides is 1. The van der Waals surface area contributed by atoms with Crippen molar-refractivity contribution in [3.8, 4) is 5.75 Å². The fourth-order valence-corrected chi connectivity index (χ4v) is 3.33. The predicted molar refractivity (Wildman–Crippen MR) is 117 cm³/mol. The van der Waals surface area contributed by atoms with Gasteiger partial charge in [-0.2, -0.15) is 0 Å². The molecule has 6 nitrogen and oxygen atoms in total. The third kappa shape index (κ3) is 5.73. The Bertz CT molecular complexity index is 838. The number of nitrogens with one attached hydrogen (secondary N) is 2. The lowest BCUT2D eigenvalue weighted by molar-refractivity contribution is 0.0827. The zero-order valence-electron chi connectivity index (χ0n) is 17.4. The van der Waals surface area contributed by atoms with Gasteiger partial charge in [0, 0.05) is 39.2 Å². The van der Waals surface area contributed by atoms with E-state index in [1.165, 1.54) is 5.56 Å². The Morgan fingerprint density at radius 3 is 2.76 bits per heavy atom. The molecule has 6 heteroatoms. The first kappa shape index (κ1) is 20.7. The molecule has 2 aromatic rings. The van der Waals surface area contributed by atoms with Gasteiger partial charge in [-0.3, -0.25) is 4.79 Å². The maximum Gasteiger partial charge on any atom is 0.253 e. The van der Waals surface area contributed by atoms with Gasteiger partial charge in [0.25, 0.3) is 5.91 Å². The van der Waals surface area contributed by atoms with Crippen LogP contribution in [-0.4, -0.2) is 56.6 Å². The van der Waals surface area contributed by atoms with Gasteiger partial charge in [-0.05, 0) is 42.7 Å². The van der Waals surface area contributed by atoms with E-state index >= 15 is 0 Å². The number of hydrogen-bond acceptors (Lipinski definition) is 3. The highest BCUT2D eigenvalue weighted by Gasteiger charge is 2.21. The molecule has 2 aromatic carbocycles. The van der Waals surface area contributed by atoms with E-state index in [-0.39, 0.29) is 12.0 Å². The number of rotatable bonds is 7. The van der Waals surface area contributed by atoms with Crippen LogP contribution in [0.25, 0.3) is 0 Å². The second-order valence-electron chi connectivity index (χ2n) is 7.35. The van der Waals surface area contributed by atoms with Gasteiger partial charge in [-0.15, -0.1) is 0 Å². The highest BCUT2D eigenvalue weighted by molar-refractivity contribution is 5.94. The van der Waals surface area contributed by atoms with E-state index in [0.29, 0.717) is 12.1 Å². The maximum atomic E-state index is 12.1. The molecular formula is C23H30N4O2. The number of fused-ring (bicyclic) bond motifs is 1. The van der Waals surface area contributed by atoms with Crippen LogP contribution in [0.3, 0.4) is 0 Å². The molecule has 0 fully saturated rings. The second-order valence-corrected chi connectivity index (χ2v) is 7.35. The Kier molecular flexibility index (Phi) is 7.11. The number of carbonyl (C=O) groups excluding carboxylic acids is 1. The molecule has 1 aliphatic heterocycles. The molecule has 0 aliphatic carbocycles. The van der Waals surface area contributed by atoms with E-state index in [9.17, 15) is 4.79 Å². The number of benzene rings is 2. The lowest BCUT2D eigenvalue weighted by Gasteiger charge is -2.14. The predicted octanol–water partition coefficient (Wildman–Crippen LogP) is 2.49. The molecule has 0 bridgehead atoms. The van der Waals surface area contributed by atoms with Crippen molar-refractivity contribution in [3.63, 3.8) is 0 Å². The molecular weight excluding hydrogens is 364 g/mol. The summed E-state index contributed by atoms with van der Waals surface area (Å²) in [5, 5.41) is 6.65. The monoisotopic (exact) mass is 394 g/mol. The number of guanidine groups is 1. The highest BCUT2D eigenvalue weighted by Crippen LogP contribution is 2.28. The van der Waals surface area contributed by atoms with E-state index in [0.717, 1.165) is 43.2 Å². The quantitative estimate of drug-likeness (QED) is 0.559. The van der Waals surface area contributed by atoms with Crippen LogP contribution < -0.4 is 15.4 Å². The van der Waals surface area contributed by atoms with Crippen LogP contribution in [-0.2, 0) is 12.8 Å². The van der Waals surface area contributed by atoms with Gasteiger partial charge in [0.05, 0.1) is 6.54 Å². The normalized spacial score (nSPS) is 15.4. The van der Waals surface area contributed by atoms with E-state index in [1.54, 1.807) is 19.0 Å². The minimum Gasteiger partial charge on any atom is -0.488 e. The van der Waals surface area contributed by atoms with Crippen molar-refractivity contribution in [2.24, 2.45) is 4.99 Å². The van der Waals surface area contributed by atoms with Gasteiger partial charge < -0.3 is 20.3 Å². The number of aliphatic imine (C=N–C) groups is 1. The molecule has 0 aromatic heterocycles. The van der Waals surface area contributed by atoms with Crippen molar-refractivity contribution in [1.82, 2.24) is 15.5 Å². The van der Waals surface area contributed by atoms with Crippen molar-refractivity contribution in [2.75, 3.05) is 33.7 Å². The van der Waals surface area contributed by atoms with Gasteiger partial charge in [-0.1, -0.05) is 30.3 Å². The standard InChI is InChI=1S/C23H30N4O2/c1-4-24-23(26-16-20-15-18-9-5-6-11-21(18)29-20)25-13-12-17-8-7-10-19(14-17)22(28)27(2)3/h5-11,14,20H,4,12-13,15-16H2,1-3H3,(H2,24,25,26). The van der Waals surface area contributed by atoms with Crippen LogP contribution in [0.5, 0.6) is 5.75 Å². The molecule has 29 heavy (non-hydrogen) atoms. The molecule has 1 amide bonds. The number of nitrogens with zero attached hydrogens (tertiary/aromatic N) is 2. The van der Waals surface area contributed by atoms with E-state index in [2.05, 4.69) is 28.6 Å². The maximum absolute atomic E-state index is 12.1. The summed E-state index contributed by atoms with van der Waals surface area (Å²) in [4.78, 5) is 18.4. The number of para-hydroxylation sites is 1. The first-order valence-corrected chi connectivity index (χ1v) is 10.1. The van der Waals surface area contributed by atoms with Crippen LogP contribution in [0.4, 0.5) is 0 Å². The molecule has 1 unspecified atom stereocenters. The minimum absolute atomic E-state index is 0.0206. The third-order valence-electron chi connectivity index (χ3n) is 4.80. The minimum atomic E-state index is 0.0206. The van der Waals surface area contributed by atoms with Crippen molar-refractivity contribution >= 4 is 11.9 Å². The Balaban J connectivity index is 1.52. The summed E-state index contributed by atoms with van der Waals surface area (Å²) in [5.41, 5.74) is 3.08. The van der Waals surface area contributed by atoms with E-state index in [1.807, 2.05) is 42.5 Å². The highest BCUT2D eigenvalue weighted by atomic mass is 16.5.